The van der Waals surface area contributed by atoms with Crippen LogP contribution >= 0.6 is 0 Å². The number of aliphatic hydroxyl groups excluding tert-OH is 1. The van der Waals surface area contributed by atoms with Crippen molar-refractivity contribution >= 4 is 0 Å². The standard InChI is InChI=1S/C14H27F3N2O/c1-13(2)5-4-12(18-3)11(8-13)9-19(6-7-20)10-14(15,16)17/h11-12,18,20H,4-10H2,1-3H3. The average molecular weight is 296 g/mol. The van der Waals surface area contributed by atoms with E-state index in [1.54, 1.807) is 0 Å². The topological polar surface area (TPSA) is 35.5 Å². The van der Waals surface area contributed by atoms with E-state index in [0.29, 0.717) is 6.54 Å². The molecular formula is C14H27F3N2O. The lowest BCUT2D eigenvalue weighted by molar-refractivity contribution is -0.149. The van der Waals surface area contributed by atoms with Gasteiger partial charge in [0.1, 0.15) is 0 Å². The van der Waals surface area contributed by atoms with Crippen molar-refractivity contribution in [2.75, 3.05) is 33.3 Å². The summed E-state index contributed by atoms with van der Waals surface area (Å²) in [6.45, 7) is 3.62. The molecule has 0 spiro atoms. The number of rotatable bonds is 6. The molecule has 0 aliphatic heterocycles. The molecule has 0 radical (unpaired) electrons. The molecule has 2 N–H and O–H groups in total. The van der Waals surface area contributed by atoms with Crippen molar-refractivity contribution < 1.29 is 18.3 Å². The van der Waals surface area contributed by atoms with Crippen molar-refractivity contribution in [1.82, 2.24) is 10.2 Å². The van der Waals surface area contributed by atoms with Crippen LogP contribution in [0.5, 0.6) is 0 Å². The number of nitrogens with zero attached hydrogens (tertiary/aromatic N) is 1. The molecule has 2 unspecified atom stereocenters. The predicted octanol–water partition coefficient (Wildman–Crippen LogP) is 2.26. The second-order valence-electron chi connectivity index (χ2n) is 6.64. The normalized spacial score (nSPS) is 27.0. The van der Waals surface area contributed by atoms with Gasteiger partial charge in [0.2, 0.25) is 0 Å². The SMILES string of the molecule is CNC1CCC(C)(C)CC1CN(CCO)CC(F)(F)F. The fraction of sp³-hybridized carbons (Fsp3) is 1.00. The predicted molar refractivity (Wildman–Crippen MR) is 73.6 cm³/mol. The Hall–Kier alpha value is -0.330. The maximum Gasteiger partial charge on any atom is 0.401 e. The van der Waals surface area contributed by atoms with E-state index in [-0.39, 0.29) is 30.5 Å². The first kappa shape index (κ1) is 17.7. The first-order chi connectivity index (χ1) is 9.17. The quantitative estimate of drug-likeness (QED) is 0.789. The summed E-state index contributed by atoms with van der Waals surface area (Å²) in [7, 11) is 1.87. The molecule has 1 fully saturated rings. The van der Waals surface area contributed by atoms with Crippen LogP contribution in [0.15, 0.2) is 0 Å². The summed E-state index contributed by atoms with van der Waals surface area (Å²) in [5, 5.41) is 12.2. The van der Waals surface area contributed by atoms with Crippen molar-refractivity contribution in [2.24, 2.45) is 11.3 Å². The molecular weight excluding hydrogens is 269 g/mol. The third kappa shape index (κ3) is 5.97. The number of hydrogen-bond donors (Lipinski definition) is 2. The van der Waals surface area contributed by atoms with Gasteiger partial charge < -0.3 is 10.4 Å². The van der Waals surface area contributed by atoms with Crippen LogP contribution in [0.25, 0.3) is 0 Å². The molecule has 0 amide bonds. The molecule has 0 aromatic rings. The van der Waals surface area contributed by atoms with Gasteiger partial charge >= 0.3 is 6.18 Å². The number of halogens is 3. The first-order valence-electron chi connectivity index (χ1n) is 7.24. The number of alkyl halides is 3. The Balaban J connectivity index is 2.68. The summed E-state index contributed by atoms with van der Waals surface area (Å²) in [6.07, 6.45) is -1.21. The van der Waals surface area contributed by atoms with Gasteiger partial charge in [-0.1, -0.05) is 13.8 Å². The van der Waals surface area contributed by atoms with E-state index in [4.69, 9.17) is 5.11 Å². The second-order valence-corrected chi connectivity index (χ2v) is 6.64. The van der Waals surface area contributed by atoms with Crippen LogP contribution in [-0.4, -0.2) is 55.5 Å². The van der Waals surface area contributed by atoms with Crippen molar-refractivity contribution in [3.05, 3.63) is 0 Å². The van der Waals surface area contributed by atoms with Crippen LogP contribution in [0.3, 0.4) is 0 Å². The van der Waals surface area contributed by atoms with E-state index < -0.39 is 12.7 Å². The summed E-state index contributed by atoms with van der Waals surface area (Å²) < 4.78 is 37.7. The van der Waals surface area contributed by atoms with Crippen molar-refractivity contribution in [2.45, 2.75) is 45.3 Å². The molecule has 0 bridgehead atoms. The smallest absolute Gasteiger partial charge is 0.395 e. The van der Waals surface area contributed by atoms with Gasteiger partial charge in [-0.3, -0.25) is 4.90 Å². The molecule has 3 nitrogen and oxygen atoms in total. The lowest BCUT2D eigenvalue weighted by atomic mass is 9.69. The van der Waals surface area contributed by atoms with Crippen LogP contribution in [0.4, 0.5) is 13.2 Å². The highest BCUT2D eigenvalue weighted by Gasteiger charge is 2.37. The molecule has 1 rings (SSSR count). The van der Waals surface area contributed by atoms with Crippen LogP contribution in [0.2, 0.25) is 0 Å². The Morgan fingerprint density at radius 3 is 2.50 bits per heavy atom. The minimum Gasteiger partial charge on any atom is -0.395 e. The Labute approximate surface area is 119 Å². The number of nitrogens with one attached hydrogen (secondary N) is 1. The van der Waals surface area contributed by atoms with E-state index in [9.17, 15) is 13.2 Å². The number of hydrogen-bond acceptors (Lipinski definition) is 3. The molecule has 120 valence electrons. The van der Waals surface area contributed by atoms with E-state index in [0.717, 1.165) is 19.3 Å². The van der Waals surface area contributed by atoms with Crippen LogP contribution in [-0.2, 0) is 0 Å². The van der Waals surface area contributed by atoms with Crippen LogP contribution < -0.4 is 5.32 Å². The van der Waals surface area contributed by atoms with Gasteiger partial charge in [0.05, 0.1) is 13.2 Å². The summed E-state index contributed by atoms with van der Waals surface area (Å²) >= 11 is 0. The fourth-order valence-electron chi connectivity index (χ4n) is 3.27. The highest BCUT2D eigenvalue weighted by atomic mass is 19.4. The summed E-state index contributed by atoms with van der Waals surface area (Å²) in [5.74, 6) is 0.192. The zero-order valence-electron chi connectivity index (χ0n) is 12.6. The van der Waals surface area contributed by atoms with E-state index >= 15 is 0 Å². The van der Waals surface area contributed by atoms with Gasteiger partial charge in [-0.25, -0.2) is 0 Å². The highest BCUT2D eigenvalue weighted by molar-refractivity contribution is 4.90. The minimum absolute atomic E-state index is 0.0763. The molecule has 0 saturated heterocycles. The Kier molecular flexibility index (Phi) is 6.28. The zero-order chi connectivity index (χ0) is 15.4. The van der Waals surface area contributed by atoms with E-state index in [1.165, 1.54) is 4.90 Å². The monoisotopic (exact) mass is 296 g/mol. The van der Waals surface area contributed by atoms with Crippen molar-refractivity contribution in [3.63, 3.8) is 0 Å². The van der Waals surface area contributed by atoms with Gasteiger partial charge in [-0.05, 0) is 37.6 Å². The van der Waals surface area contributed by atoms with Crippen LogP contribution in [0.1, 0.15) is 33.1 Å². The van der Waals surface area contributed by atoms with E-state index in [2.05, 4.69) is 19.2 Å². The van der Waals surface area contributed by atoms with Gasteiger partial charge in [0.25, 0.3) is 0 Å². The number of aliphatic hydroxyl groups is 1. The van der Waals surface area contributed by atoms with E-state index in [1.807, 2.05) is 7.05 Å². The third-order valence-corrected chi connectivity index (χ3v) is 4.20. The molecule has 2 atom stereocenters. The lowest BCUT2D eigenvalue weighted by Crippen LogP contribution is -2.48. The Morgan fingerprint density at radius 1 is 1.35 bits per heavy atom. The van der Waals surface area contributed by atoms with Gasteiger partial charge in [-0.15, -0.1) is 0 Å². The summed E-state index contributed by atoms with van der Waals surface area (Å²) in [4.78, 5) is 1.33. The Morgan fingerprint density at radius 2 is 2.00 bits per heavy atom. The van der Waals surface area contributed by atoms with Gasteiger partial charge in [0.15, 0.2) is 0 Å². The fourth-order valence-corrected chi connectivity index (χ4v) is 3.27. The third-order valence-electron chi connectivity index (χ3n) is 4.20. The molecule has 6 heteroatoms. The lowest BCUT2D eigenvalue weighted by Gasteiger charge is -2.42. The van der Waals surface area contributed by atoms with Gasteiger partial charge in [0, 0.05) is 19.1 Å². The van der Waals surface area contributed by atoms with Gasteiger partial charge in [-0.2, -0.15) is 13.2 Å². The molecule has 0 heterocycles. The highest BCUT2D eigenvalue weighted by Crippen LogP contribution is 2.39. The van der Waals surface area contributed by atoms with Crippen molar-refractivity contribution in [1.29, 1.82) is 0 Å². The molecule has 0 aromatic heterocycles. The zero-order valence-corrected chi connectivity index (χ0v) is 12.6. The molecule has 20 heavy (non-hydrogen) atoms. The minimum atomic E-state index is -4.21. The molecule has 1 saturated carbocycles. The summed E-state index contributed by atoms with van der Waals surface area (Å²) in [5.41, 5.74) is 0.182. The average Bonchev–Trinajstić information content (AvgIpc) is 2.26. The van der Waals surface area contributed by atoms with Crippen molar-refractivity contribution in [3.8, 4) is 0 Å². The van der Waals surface area contributed by atoms with Crippen LogP contribution in [0, 0.1) is 11.3 Å². The molecule has 0 aromatic carbocycles. The molecule has 1 aliphatic carbocycles. The maximum atomic E-state index is 12.6. The summed E-state index contributed by atoms with van der Waals surface area (Å²) in [6, 6.07) is 0.262. The molecule has 1 aliphatic rings. The first-order valence-corrected chi connectivity index (χ1v) is 7.24. The maximum absolute atomic E-state index is 12.6. The Bertz CT molecular complexity index is 295. The largest absolute Gasteiger partial charge is 0.401 e. The second kappa shape index (κ2) is 7.09.